The van der Waals surface area contributed by atoms with Gasteiger partial charge in [-0.3, -0.25) is 0 Å². The molecular weight excluding hydrogens is 492 g/mol. The number of allylic oxidation sites excluding steroid dienone is 1. The second kappa shape index (κ2) is 13.2. The normalized spacial score (nSPS) is 17.8. The molecule has 1 aliphatic rings. The largest absolute Gasteiger partial charge is 0.348 e. The zero-order valence-corrected chi connectivity index (χ0v) is 21.9. The number of benzene rings is 3. The van der Waals surface area contributed by atoms with E-state index in [1.54, 1.807) is 48.5 Å². The van der Waals surface area contributed by atoms with Gasteiger partial charge in [0, 0.05) is 17.0 Å². The van der Waals surface area contributed by atoms with Crippen molar-refractivity contribution in [1.82, 2.24) is 0 Å². The molecule has 0 saturated carbocycles. The lowest BCUT2D eigenvalue weighted by Crippen LogP contribution is -2.30. The molecule has 3 aromatic carbocycles. The van der Waals surface area contributed by atoms with E-state index in [-0.39, 0.29) is 29.9 Å². The van der Waals surface area contributed by atoms with E-state index in [1.165, 1.54) is 6.07 Å². The smallest absolute Gasteiger partial charge is 0.176 e. The maximum atomic E-state index is 15.1. The molecule has 6 heteroatoms. The monoisotopic (exact) mass is 526 g/mol. The average Bonchev–Trinajstić information content (AvgIpc) is 2.93. The van der Waals surface area contributed by atoms with Gasteiger partial charge in [-0.05, 0) is 48.1 Å². The van der Waals surface area contributed by atoms with Gasteiger partial charge < -0.3 is 9.47 Å². The van der Waals surface area contributed by atoms with E-state index in [0.29, 0.717) is 23.1 Å². The fraction of sp³-hybridized carbons (Fsp3) is 0.375. The van der Waals surface area contributed by atoms with Gasteiger partial charge in [-0.15, -0.1) is 0 Å². The summed E-state index contributed by atoms with van der Waals surface area (Å²) in [6.07, 6.45) is 8.78. The van der Waals surface area contributed by atoms with Crippen molar-refractivity contribution in [2.45, 2.75) is 64.6 Å². The summed E-state index contributed by atoms with van der Waals surface area (Å²) in [5, 5.41) is 0. The van der Waals surface area contributed by atoms with Crippen LogP contribution in [0.15, 0.2) is 60.7 Å². The molecule has 0 aliphatic carbocycles. The van der Waals surface area contributed by atoms with Crippen molar-refractivity contribution in [1.29, 1.82) is 0 Å². The molecule has 2 nitrogen and oxygen atoms in total. The van der Waals surface area contributed by atoms with Gasteiger partial charge in [-0.2, -0.15) is 0 Å². The predicted molar refractivity (Wildman–Crippen MR) is 143 cm³/mol. The van der Waals surface area contributed by atoms with E-state index in [0.717, 1.165) is 32.1 Å². The summed E-state index contributed by atoms with van der Waals surface area (Å²) in [6.45, 7) is 4.42. The van der Waals surface area contributed by atoms with Gasteiger partial charge in [0.05, 0.1) is 13.2 Å². The summed E-state index contributed by atoms with van der Waals surface area (Å²) in [7, 11) is 0. The molecule has 4 rings (SSSR count). The fourth-order valence-electron chi connectivity index (χ4n) is 4.82. The van der Waals surface area contributed by atoms with Crippen LogP contribution in [-0.4, -0.2) is 19.5 Å². The van der Waals surface area contributed by atoms with Crippen molar-refractivity contribution in [2.75, 3.05) is 13.2 Å². The van der Waals surface area contributed by atoms with Gasteiger partial charge in [0.25, 0.3) is 0 Å². The predicted octanol–water partition coefficient (Wildman–Crippen LogP) is 9.12. The first-order chi connectivity index (χ1) is 18.4. The lowest BCUT2D eigenvalue weighted by Gasteiger charge is -2.28. The maximum absolute atomic E-state index is 15.1. The van der Waals surface area contributed by atoms with Crippen molar-refractivity contribution in [3.8, 4) is 22.3 Å². The fourth-order valence-corrected chi connectivity index (χ4v) is 4.82. The number of hydrogen-bond acceptors (Lipinski definition) is 2. The lowest BCUT2D eigenvalue weighted by atomic mass is 9.94. The molecular formula is C32H34F4O2. The molecule has 3 aromatic rings. The van der Waals surface area contributed by atoms with Gasteiger partial charge in [0.15, 0.2) is 29.6 Å². The molecule has 0 N–H and O–H groups in total. The molecule has 1 saturated heterocycles. The summed E-state index contributed by atoms with van der Waals surface area (Å²) in [5.41, 5.74) is 1.70. The van der Waals surface area contributed by atoms with Gasteiger partial charge in [0.1, 0.15) is 0 Å². The van der Waals surface area contributed by atoms with Crippen LogP contribution in [0.2, 0.25) is 0 Å². The summed E-state index contributed by atoms with van der Waals surface area (Å²) in [6, 6.07) is 12.6. The molecule has 1 fully saturated rings. The third kappa shape index (κ3) is 6.36. The first-order valence-electron chi connectivity index (χ1n) is 13.4. The topological polar surface area (TPSA) is 18.5 Å². The zero-order chi connectivity index (χ0) is 27.1. The van der Waals surface area contributed by atoms with Crippen LogP contribution >= 0.6 is 0 Å². The third-order valence-electron chi connectivity index (χ3n) is 7.04. The molecule has 0 spiro atoms. The van der Waals surface area contributed by atoms with Crippen LogP contribution in [0.1, 0.15) is 63.0 Å². The summed E-state index contributed by atoms with van der Waals surface area (Å²) in [4.78, 5) is 0. The van der Waals surface area contributed by atoms with Crippen molar-refractivity contribution in [3.05, 3.63) is 95.1 Å². The van der Waals surface area contributed by atoms with Gasteiger partial charge in [-0.1, -0.05) is 87.2 Å². The Morgan fingerprint density at radius 1 is 0.711 bits per heavy atom. The highest BCUT2D eigenvalue weighted by Gasteiger charge is 2.27. The molecule has 0 radical (unpaired) electrons. The standard InChI is InChI=1S/C32H34F4O2/c1-3-5-6-7-8-10-23-15-16-25(30(34)29(23)33)21-11-13-22(14-12-21)26-17-18-27(32(36)31(26)35)24-19-37-28(9-4-2)38-20-24/h4,9,11-18,24,28H,3,5-8,10,19-20H2,1-2H3/b9-4+. The lowest BCUT2D eigenvalue weighted by molar-refractivity contribution is -0.159. The van der Waals surface area contributed by atoms with Crippen LogP contribution in [0, 0.1) is 23.3 Å². The number of ether oxygens (including phenoxy) is 2. The van der Waals surface area contributed by atoms with Crippen LogP contribution < -0.4 is 0 Å². The Kier molecular flexibility index (Phi) is 9.75. The van der Waals surface area contributed by atoms with Gasteiger partial charge in [0.2, 0.25) is 0 Å². The average molecular weight is 527 g/mol. The van der Waals surface area contributed by atoms with E-state index in [1.807, 2.05) is 13.0 Å². The van der Waals surface area contributed by atoms with Crippen LogP contribution in [0.25, 0.3) is 22.3 Å². The zero-order valence-electron chi connectivity index (χ0n) is 21.9. The van der Waals surface area contributed by atoms with E-state index in [9.17, 15) is 8.78 Å². The van der Waals surface area contributed by atoms with E-state index >= 15 is 8.78 Å². The Morgan fingerprint density at radius 3 is 1.89 bits per heavy atom. The van der Waals surface area contributed by atoms with Crippen molar-refractivity contribution in [3.63, 3.8) is 0 Å². The van der Waals surface area contributed by atoms with Crippen LogP contribution in [0.5, 0.6) is 0 Å². The summed E-state index contributed by atoms with van der Waals surface area (Å²) in [5.74, 6) is -4.03. The van der Waals surface area contributed by atoms with Crippen LogP contribution in [0.4, 0.5) is 17.6 Å². The maximum Gasteiger partial charge on any atom is 0.176 e. The molecule has 0 bridgehead atoms. The van der Waals surface area contributed by atoms with Crippen LogP contribution in [0.3, 0.4) is 0 Å². The highest BCUT2D eigenvalue weighted by molar-refractivity contribution is 5.71. The molecule has 202 valence electrons. The highest BCUT2D eigenvalue weighted by atomic mass is 19.2. The number of aryl methyl sites for hydroxylation is 1. The molecule has 0 unspecified atom stereocenters. The highest BCUT2D eigenvalue weighted by Crippen LogP contribution is 2.34. The Labute approximate surface area is 222 Å². The quantitative estimate of drug-likeness (QED) is 0.149. The molecule has 0 amide bonds. The van der Waals surface area contributed by atoms with E-state index < -0.39 is 35.5 Å². The van der Waals surface area contributed by atoms with Crippen molar-refractivity contribution < 1.29 is 27.0 Å². The Hall–Kier alpha value is -2.96. The molecule has 38 heavy (non-hydrogen) atoms. The molecule has 1 aliphatic heterocycles. The summed E-state index contributed by atoms with van der Waals surface area (Å²) >= 11 is 0. The van der Waals surface area contributed by atoms with Crippen LogP contribution in [-0.2, 0) is 15.9 Å². The minimum Gasteiger partial charge on any atom is -0.348 e. The van der Waals surface area contributed by atoms with Crippen molar-refractivity contribution >= 4 is 0 Å². The Balaban J connectivity index is 1.48. The minimum atomic E-state index is -0.966. The molecule has 1 heterocycles. The van der Waals surface area contributed by atoms with Gasteiger partial charge in [-0.25, -0.2) is 17.6 Å². The minimum absolute atomic E-state index is 0.0901. The van der Waals surface area contributed by atoms with Gasteiger partial charge >= 0.3 is 0 Å². The van der Waals surface area contributed by atoms with E-state index in [2.05, 4.69) is 6.92 Å². The molecule has 0 aromatic heterocycles. The third-order valence-corrected chi connectivity index (χ3v) is 7.04. The first-order valence-corrected chi connectivity index (χ1v) is 13.4. The molecule has 0 atom stereocenters. The second-order valence-corrected chi connectivity index (χ2v) is 9.73. The number of hydrogen-bond donors (Lipinski definition) is 0. The summed E-state index contributed by atoms with van der Waals surface area (Å²) < 4.78 is 70.8. The van der Waals surface area contributed by atoms with Crippen molar-refractivity contribution in [2.24, 2.45) is 0 Å². The second-order valence-electron chi connectivity index (χ2n) is 9.73. The van der Waals surface area contributed by atoms with E-state index in [4.69, 9.17) is 9.47 Å². The number of halogens is 4. The first kappa shape index (κ1) is 28.1. The number of unbranched alkanes of at least 4 members (excludes halogenated alkanes) is 4. The SMILES string of the molecule is C/C=C/C1OCC(c2ccc(-c3ccc(-c4ccc(CCCCCCC)c(F)c4F)cc3)c(F)c2F)CO1. The Morgan fingerprint density at radius 2 is 1.29 bits per heavy atom. The number of rotatable bonds is 10. The Bertz CT molecular complexity index is 1250.